The smallest absolute Gasteiger partial charge is 0.178 e. The van der Waals surface area contributed by atoms with Crippen molar-refractivity contribution in [3.63, 3.8) is 0 Å². The van der Waals surface area contributed by atoms with Gasteiger partial charge < -0.3 is 0 Å². The number of pyridine rings is 1. The van der Waals surface area contributed by atoms with Crippen molar-refractivity contribution < 1.29 is 0 Å². The molecule has 0 bridgehead atoms. The Kier molecular flexibility index (Phi) is 2.08. The molecule has 4 heteroatoms. The molecule has 0 radical (unpaired) electrons. The van der Waals surface area contributed by atoms with Gasteiger partial charge in [0.25, 0.3) is 0 Å². The van der Waals surface area contributed by atoms with Gasteiger partial charge in [0.2, 0.25) is 0 Å². The maximum atomic E-state index is 4.74. The predicted octanol–water partition coefficient (Wildman–Crippen LogP) is 4.59. The number of nitrogens with zero attached hydrogens (tertiary/aromatic N) is 3. The third-order valence-electron chi connectivity index (χ3n) is 3.99. The summed E-state index contributed by atoms with van der Waals surface area (Å²) in [7, 11) is 0. The number of aromatic nitrogens is 3. The van der Waals surface area contributed by atoms with E-state index in [0.717, 1.165) is 21.2 Å². The highest BCUT2D eigenvalue weighted by Gasteiger charge is 2.24. The average Bonchev–Trinajstić information content (AvgIpc) is 2.84. The first-order valence-corrected chi connectivity index (χ1v) is 7.46. The second-order valence-corrected chi connectivity index (χ2v) is 5.96. The summed E-state index contributed by atoms with van der Waals surface area (Å²) in [5, 5.41) is 2.47. The van der Waals surface area contributed by atoms with Crippen LogP contribution in [0, 0.1) is 0 Å². The van der Waals surface area contributed by atoms with Gasteiger partial charge in [-0.15, -0.1) is 0 Å². The van der Waals surface area contributed by atoms with Crippen molar-refractivity contribution in [2.45, 2.75) is 0 Å². The van der Waals surface area contributed by atoms with Gasteiger partial charge in [0.05, 0.1) is 5.69 Å². The van der Waals surface area contributed by atoms with E-state index in [4.69, 9.17) is 4.98 Å². The highest BCUT2D eigenvalue weighted by molar-refractivity contribution is 9.10. The van der Waals surface area contributed by atoms with E-state index in [0.29, 0.717) is 5.65 Å². The Labute approximate surface area is 128 Å². The first-order chi connectivity index (χ1) is 10.3. The predicted molar refractivity (Wildman–Crippen MR) is 87.0 cm³/mol. The molecular weight excluding hydrogens is 326 g/mol. The summed E-state index contributed by atoms with van der Waals surface area (Å²) in [6.45, 7) is 0. The quantitative estimate of drug-likeness (QED) is 0.416. The van der Waals surface area contributed by atoms with E-state index < -0.39 is 0 Å². The summed E-state index contributed by atoms with van der Waals surface area (Å²) in [6.07, 6.45) is 3.39. The van der Waals surface area contributed by atoms with Crippen LogP contribution in [-0.2, 0) is 0 Å². The van der Waals surface area contributed by atoms with Crippen LogP contribution in [0.2, 0.25) is 0 Å². The number of rotatable bonds is 0. The molecular formula is C17H8BrN3. The third-order valence-corrected chi connectivity index (χ3v) is 4.68. The molecule has 3 nitrogen and oxygen atoms in total. The van der Waals surface area contributed by atoms with Crippen LogP contribution in [0.25, 0.3) is 44.3 Å². The molecule has 4 aromatic rings. The van der Waals surface area contributed by atoms with Crippen molar-refractivity contribution >= 4 is 37.9 Å². The molecule has 2 heterocycles. The summed E-state index contributed by atoms with van der Waals surface area (Å²) >= 11 is 3.64. The molecule has 0 atom stereocenters. The fourth-order valence-electron chi connectivity index (χ4n) is 3.10. The van der Waals surface area contributed by atoms with Gasteiger partial charge in [-0.1, -0.05) is 40.2 Å². The van der Waals surface area contributed by atoms with Crippen molar-refractivity contribution in [3.05, 3.63) is 53.3 Å². The standard InChI is InChI=1S/C17H8BrN3/c18-13-5-4-11-15-9(2-1-3-10(13)15)12-8-14-17(21-16(11)12)20-7-6-19-14/h1-8H. The van der Waals surface area contributed by atoms with Crippen LogP contribution in [0.15, 0.2) is 53.3 Å². The SMILES string of the molecule is Brc1ccc2c3c(cccc13)-c1cc3nccnc3nc1-2. The van der Waals surface area contributed by atoms with Crippen LogP contribution in [0.5, 0.6) is 0 Å². The van der Waals surface area contributed by atoms with E-state index in [1.807, 2.05) is 0 Å². The summed E-state index contributed by atoms with van der Waals surface area (Å²) in [5.41, 5.74) is 6.06. The van der Waals surface area contributed by atoms with Crippen molar-refractivity contribution in [1.29, 1.82) is 0 Å². The fourth-order valence-corrected chi connectivity index (χ4v) is 3.57. The Balaban J connectivity index is 2.01. The third kappa shape index (κ3) is 1.40. The molecule has 2 aromatic heterocycles. The van der Waals surface area contributed by atoms with Gasteiger partial charge >= 0.3 is 0 Å². The molecule has 98 valence electrons. The summed E-state index contributed by atoms with van der Waals surface area (Å²) in [4.78, 5) is 13.4. The highest BCUT2D eigenvalue weighted by Crippen LogP contribution is 2.48. The average molecular weight is 334 g/mol. The van der Waals surface area contributed by atoms with Crippen LogP contribution < -0.4 is 0 Å². The van der Waals surface area contributed by atoms with Crippen LogP contribution in [0.3, 0.4) is 0 Å². The zero-order valence-electron chi connectivity index (χ0n) is 10.8. The Morgan fingerprint density at radius 1 is 0.857 bits per heavy atom. The highest BCUT2D eigenvalue weighted by atomic mass is 79.9. The topological polar surface area (TPSA) is 38.7 Å². The first kappa shape index (κ1) is 11.3. The van der Waals surface area contributed by atoms with E-state index in [1.165, 1.54) is 21.9 Å². The van der Waals surface area contributed by atoms with Crippen LogP contribution in [-0.4, -0.2) is 15.0 Å². The van der Waals surface area contributed by atoms with Crippen molar-refractivity contribution in [2.75, 3.05) is 0 Å². The van der Waals surface area contributed by atoms with Gasteiger partial charge in [-0.05, 0) is 23.1 Å². The minimum Gasteiger partial charge on any atom is -0.251 e. The Bertz CT molecular complexity index is 1010. The molecule has 0 saturated heterocycles. The monoisotopic (exact) mass is 333 g/mol. The number of hydrogen-bond donors (Lipinski definition) is 0. The molecule has 0 spiro atoms. The molecule has 0 unspecified atom stereocenters. The van der Waals surface area contributed by atoms with Crippen LogP contribution >= 0.6 is 15.9 Å². The Morgan fingerprint density at radius 2 is 1.76 bits per heavy atom. The van der Waals surface area contributed by atoms with Crippen molar-refractivity contribution in [2.24, 2.45) is 0 Å². The minimum absolute atomic E-state index is 0.695. The van der Waals surface area contributed by atoms with E-state index >= 15 is 0 Å². The second kappa shape index (κ2) is 3.86. The van der Waals surface area contributed by atoms with Gasteiger partial charge in [0.1, 0.15) is 5.52 Å². The van der Waals surface area contributed by atoms with Crippen LogP contribution in [0.1, 0.15) is 0 Å². The van der Waals surface area contributed by atoms with Gasteiger partial charge in [0.15, 0.2) is 5.65 Å². The summed E-state index contributed by atoms with van der Waals surface area (Å²) in [5.74, 6) is 0. The second-order valence-electron chi connectivity index (χ2n) is 5.11. The number of benzene rings is 2. The Hall–Kier alpha value is -2.33. The lowest BCUT2D eigenvalue weighted by Crippen LogP contribution is -1.89. The van der Waals surface area contributed by atoms with Gasteiger partial charge in [0, 0.05) is 33.4 Å². The molecule has 5 rings (SSSR count). The van der Waals surface area contributed by atoms with E-state index in [1.54, 1.807) is 12.4 Å². The van der Waals surface area contributed by atoms with Crippen molar-refractivity contribution in [1.82, 2.24) is 15.0 Å². The zero-order chi connectivity index (χ0) is 14.0. The van der Waals surface area contributed by atoms with E-state index in [9.17, 15) is 0 Å². The lowest BCUT2D eigenvalue weighted by atomic mass is 10.0. The molecule has 0 amide bonds. The fraction of sp³-hybridized carbons (Fsp3) is 0. The number of fused-ring (bicyclic) bond motifs is 4. The normalized spacial score (nSPS) is 12.0. The molecule has 0 N–H and O–H groups in total. The molecule has 21 heavy (non-hydrogen) atoms. The largest absolute Gasteiger partial charge is 0.251 e. The van der Waals surface area contributed by atoms with E-state index in [-0.39, 0.29) is 0 Å². The Morgan fingerprint density at radius 3 is 2.71 bits per heavy atom. The maximum Gasteiger partial charge on any atom is 0.178 e. The molecule has 0 aliphatic heterocycles. The molecule has 0 fully saturated rings. The number of halogens is 1. The number of hydrogen-bond acceptors (Lipinski definition) is 3. The van der Waals surface area contributed by atoms with Gasteiger partial charge in [-0.3, -0.25) is 4.98 Å². The molecule has 0 saturated carbocycles. The molecule has 1 aliphatic carbocycles. The summed E-state index contributed by atoms with van der Waals surface area (Å²) < 4.78 is 1.11. The summed E-state index contributed by atoms with van der Waals surface area (Å²) in [6, 6.07) is 12.7. The van der Waals surface area contributed by atoms with Crippen molar-refractivity contribution in [3.8, 4) is 22.4 Å². The first-order valence-electron chi connectivity index (χ1n) is 6.67. The minimum atomic E-state index is 0.695. The molecule has 2 aromatic carbocycles. The van der Waals surface area contributed by atoms with Gasteiger partial charge in [-0.25, -0.2) is 9.97 Å². The maximum absolute atomic E-state index is 4.74. The lowest BCUT2D eigenvalue weighted by molar-refractivity contribution is 1.23. The lowest BCUT2D eigenvalue weighted by Gasteiger charge is -2.03. The molecule has 1 aliphatic rings. The van der Waals surface area contributed by atoms with E-state index in [2.05, 4.69) is 62.3 Å². The van der Waals surface area contributed by atoms with Crippen LogP contribution in [0.4, 0.5) is 0 Å². The zero-order valence-corrected chi connectivity index (χ0v) is 12.4. The van der Waals surface area contributed by atoms with Gasteiger partial charge in [-0.2, -0.15) is 0 Å².